The Bertz CT molecular complexity index is 1160. The van der Waals surface area contributed by atoms with E-state index in [1.807, 2.05) is 6.92 Å². The van der Waals surface area contributed by atoms with Gasteiger partial charge >= 0.3 is 0 Å². The van der Waals surface area contributed by atoms with E-state index in [4.69, 9.17) is 0 Å². The Morgan fingerprint density at radius 2 is 1.87 bits per heavy atom. The monoisotopic (exact) mass is 471 g/mol. The van der Waals surface area contributed by atoms with Crippen LogP contribution in [0.4, 0.5) is 11.4 Å². The number of carbonyl (C=O) groups excluding carboxylic acids is 1. The standard InChI is InChI=1S/C19H25N3O5S3/c1-13-6-8-16(11-17(13)21-29(3,24)25)20-19(23)15-5-4-10-22(12-15)30(26,27)18-9-7-14(2)28-18/h6-9,11,15,21H,4-5,10,12H2,1-3H3,(H,20,23). The number of hydrogen-bond acceptors (Lipinski definition) is 6. The van der Waals surface area contributed by atoms with E-state index < -0.39 is 26.0 Å². The average molecular weight is 472 g/mol. The van der Waals surface area contributed by atoms with Crippen LogP contribution < -0.4 is 10.0 Å². The van der Waals surface area contributed by atoms with Gasteiger partial charge in [-0.3, -0.25) is 9.52 Å². The summed E-state index contributed by atoms with van der Waals surface area (Å²) in [5.41, 5.74) is 1.56. The normalized spacial score (nSPS) is 18.2. The van der Waals surface area contributed by atoms with E-state index in [1.54, 1.807) is 37.3 Å². The summed E-state index contributed by atoms with van der Waals surface area (Å²) in [4.78, 5) is 13.7. The molecule has 1 aromatic carbocycles. The summed E-state index contributed by atoms with van der Waals surface area (Å²) in [6.07, 6.45) is 2.24. The van der Waals surface area contributed by atoms with Crippen LogP contribution in [0, 0.1) is 19.8 Å². The molecule has 1 aliphatic heterocycles. The summed E-state index contributed by atoms with van der Waals surface area (Å²) in [6.45, 7) is 4.11. The fraction of sp³-hybridized carbons (Fsp3) is 0.421. The highest BCUT2D eigenvalue weighted by atomic mass is 32.2. The summed E-state index contributed by atoms with van der Waals surface area (Å²) in [7, 11) is -7.07. The zero-order valence-corrected chi connectivity index (χ0v) is 19.5. The van der Waals surface area contributed by atoms with Crippen molar-refractivity contribution >= 4 is 48.7 Å². The average Bonchev–Trinajstić information content (AvgIpc) is 3.10. The van der Waals surface area contributed by atoms with Gasteiger partial charge in [0.25, 0.3) is 10.0 Å². The zero-order valence-electron chi connectivity index (χ0n) is 17.0. The fourth-order valence-corrected chi connectivity index (χ4v) is 6.89. The number of thiophene rings is 1. The van der Waals surface area contributed by atoms with Gasteiger partial charge in [0.15, 0.2) is 0 Å². The summed E-state index contributed by atoms with van der Waals surface area (Å²) >= 11 is 1.22. The van der Waals surface area contributed by atoms with Gasteiger partial charge in [-0.25, -0.2) is 16.8 Å². The van der Waals surface area contributed by atoms with Gasteiger partial charge in [-0.15, -0.1) is 11.3 Å². The van der Waals surface area contributed by atoms with Gasteiger partial charge in [0, 0.05) is 23.7 Å². The quantitative estimate of drug-likeness (QED) is 0.673. The largest absolute Gasteiger partial charge is 0.326 e. The molecule has 2 heterocycles. The molecule has 164 valence electrons. The van der Waals surface area contributed by atoms with Gasteiger partial charge in [0.2, 0.25) is 15.9 Å². The molecule has 1 fully saturated rings. The highest BCUT2D eigenvalue weighted by molar-refractivity contribution is 7.92. The third-order valence-electron chi connectivity index (χ3n) is 4.87. The number of anilines is 2. The molecule has 0 saturated carbocycles. The lowest BCUT2D eigenvalue weighted by Crippen LogP contribution is -2.43. The first-order chi connectivity index (χ1) is 14.0. The molecule has 1 saturated heterocycles. The lowest BCUT2D eigenvalue weighted by molar-refractivity contribution is -0.120. The predicted octanol–water partition coefficient (Wildman–Crippen LogP) is 2.78. The molecule has 0 spiro atoms. The number of sulfonamides is 2. The molecule has 0 aliphatic carbocycles. The molecule has 1 aliphatic rings. The third-order valence-corrected chi connectivity index (χ3v) is 8.79. The number of nitrogens with one attached hydrogen (secondary N) is 2. The SMILES string of the molecule is Cc1ccc(S(=O)(=O)N2CCCC(C(=O)Nc3ccc(C)c(NS(C)(=O)=O)c3)C2)s1. The summed E-state index contributed by atoms with van der Waals surface area (Å²) < 4.78 is 52.9. The van der Waals surface area contributed by atoms with Crippen LogP contribution in [0.2, 0.25) is 0 Å². The fourth-order valence-electron chi connectivity index (χ4n) is 3.31. The number of hydrogen-bond donors (Lipinski definition) is 2. The van der Waals surface area contributed by atoms with Crippen molar-refractivity contribution < 1.29 is 21.6 Å². The maximum atomic E-state index is 12.9. The van der Waals surface area contributed by atoms with Crippen molar-refractivity contribution in [2.75, 3.05) is 29.4 Å². The van der Waals surface area contributed by atoms with E-state index in [1.165, 1.54) is 15.6 Å². The first-order valence-electron chi connectivity index (χ1n) is 9.41. The molecule has 8 nitrogen and oxygen atoms in total. The van der Waals surface area contributed by atoms with Crippen LogP contribution in [0.15, 0.2) is 34.5 Å². The molecule has 0 radical (unpaired) electrons. The minimum atomic E-state index is -3.62. The van der Waals surface area contributed by atoms with Crippen LogP contribution in [-0.2, 0) is 24.8 Å². The number of aryl methyl sites for hydroxylation is 2. The first kappa shape index (κ1) is 22.7. The second kappa shape index (κ2) is 8.66. The van der Waals surface area contributed by atoms with Crippen molar-refractivity contribution in [2.24, 2.45) is 5.92 Å². The van der Waals surface area contributed by atoms with Gasteiger partial charge in [-0.1, -0.05) is 6.07 Å². The summed E-state index contributed by atoms with van der Waals surface area (Å²) in [5.74, 6) is -0.770. The Morgan fingerprint density at radius 3 is 2.50 bits per heavy atom. The molecular weight excluding hydrogens is 446 g/mol. The van der Waals surface area contributed by atoms with Crippen LogP contribution in [0.1, 0.15) is 23.3 Å². The minimum absolute atomic E-state index is 0.116. The van der Waals surface area contributed by atoms with Crippen LogP contribution in [0.5, 0.6) is 0 Å². The molecule has 1 atom stereocenters. The van der Waals surface area contributed by atoms with Crippen molar-refractivity contribution in [3.8, 4) is 0 Å². The number of piperidine rings is 1. The van der Waals surface area contributed by atoms with Gasteiger partial charge in [0.05, 0.1) is 17.9 Å². The molecule has 30 heavy (non-hydrogen) atoms. The summed E-state index contributed by atoms with van der Waals surface area (Å²) in [6, 6.07) is 8.32. The van der Waals surface area contributed by atoms with E-state index in [0.717, 1.165) is 16.7 Å². The van der Waals surface area contributed by atoms with Crippen LogP contribution in [0.3, 0.4) is 0 Å². The Kier molecular flexibility index (Phi) is 6.56. The Morgan fingerprint density at radius 1 is 1.13 bits per heavy atom. The minimum Gasteiger partial charge on any atom is -0.326 e. The molecule has 1 amide bonds. The molecule has 11 heteroatoms. The van der Waals surface area contributed by atoms with E-state index in [2.05, 4.69) is 10.0 Å². The lowest BCUT2D eigenvalue weighted by atomic mass is 9.98. The van der Waals surface area contributed by atoms with E-state index >= 15 is 0 Å². The van der Waals surface area contributed by atoms with Crippen molar-refractivity contribution in [3.05, 3.63) is 40.8 Å². The molecule has 1 aromatic heterocycles. The molecule has 0 bridgehead atoms. The zero-order chi connectivity index (χ0) is 22.1. The molecule has 2 aromatic rings. The topological polar surface area (TPSA) is 113 Å². The number of nitrogens with zero attached hydrogens (tertiary/aromatic N) is 1. The maximum Gasteiger partial charge on any atom is 0.252 e. The third kappa shape index (κ3) is 5.39. The van der Waals surface area contributed by atoms with Crippen molar-refractivity contribution in [3.63, 3.8) is 0 Å². The van der Waals surface area contributed by atoms with Crippen LogP contribution in [-0.4, -0.2) is 46.4 Å². The van der Waals surface area contributed by atoms with E-state index in [-0.39, 0.29) is 16.7 Å². The molecular formula is C19H25N3O5S3. The smallest absolute Gasteiger partial charge is 0.252 e. The number of benzene rings is 1. The molecule has 3 rings (SSSR count). The molecule has 2 N–H and O–H groups in total. The van der Waals surface area contributed by atoms with Gasteiger partial charge in [0.1, 0.15) is 4.21 Å². The maximum absolute atomic E-state index is 12.9. The second-order valence-electron chi connectivity index (χ2n) is 7.46. The Labute approximate surface area is 181 Å². The predicted molar refractivity (Wildman–Crippen MR) is 119 cm³/mol. The van der Waals surface area contributed by atoms with Crippen LogP contribution in [0.25, 0.3) is 0 Å². The lowest BCUT2D eigenvalue weighted by Gasteiger charge is -2.30. The number of rotatable bonds is 6. The van der Waals surface area contributed by atoms with E-state index in [9.17, 15) is 21.6 Å². The highest BCUT2D eigenvalue weighted by Gasteiger charge is 2.34. The Hall–Kier alpha value is -1.95. The first-order valence-corrected chi connectivity index (χ1v) is 13.6. The Balaban J connectivity index is 1.72. The second-order valence-corrected chi connectivity index (χ2v) is 12.7. The van der Waals surface area contributed by atoms with Gasteiger partial charge in [-0.2, -0.15) is 4.31 Å². The van der Waals surface area contributed by atoms with Crippen LogP contribution >= 0.6 is 11.3 Å². The van der Waals surface area contributed by atoms with Crippen molar-refractivity contribution in [1.29, 1.82) is 0 Å². The van der Waals surface area contributed by atoms with Gasteiger partial charge < -0.3 is 5.32 Å². The van der Waals surface area contributed by atoms with E-state index in [0.29, 0.717) is 30.8 Å². The van der Waals surface area contributed by atoms with Gasteiger partial charge in [-0.05, 0) is 56.5 Å². The summed E-state index contributed by atoms with van der Waals surface area (Å²) in [5, 5.41) is 2.79. The molecule has 1 unspecified atom stereocenters. The highest BCUT2D eigenvalue weighted by Crippen LogP contribution is 2.29. The van der Waals surface area contributed by atoms with Crippen molar-refractivity contribution in [1.82, 2.24) is 4.31 Å². The number of carbonyl (C=O) groups is 1. The number of amides is 1. The van der Waals surface area contributed by atoms with Crippen molar-refractivity contribution in [2.45, 2.75) is 30.9 Å².